The molecule has 116 valence electrons. The number of aliphatic carboxylic acids is 1. The maximum absolute atomic E-state index is 12.5. The molecule has 1 aliphatic carbocycles. The van der Waals surface area contributed by atoms with Gasteiger partial charge in [-0.15, -0.1) is 0 Å². The summed E-state index contributed by atoms with van der Waals surface area (Å²) in [5.41, 5.74) is -0.855. The number of carboxylic acid groups (broad SMARTS) is 1. The Morgan fingerprint density at radius 3 is 2.29 bits per heavy atom. The van der Waals surface area contributed by atoms with E-state index in [0.717, 1.165) is 22.8 Å². The zero-order chi connectivity index (χ0) is 15.5. The Balaban J connectivity index is 2.26. The summed E-state index contributed by atoms with van der Waals surface area (Å²) in [6.45, 7) is 0. The number of hydrogen-bond donors (Lipinski definition) is 2. The summed E-state index contributed by atoms with van der Waals surface area (Å²) in [7, 11) is -3.70. The Labute approximate surface area is 138 Å². The minimum absolute atomic E-state index is 0.170. The highest BCUT2D eigenvalue weighted by Crippen LogP contribution is 2.32. The first-order valence-corrected chi connectivity index (χ1v) is 9.41. The van der Waals surface area contributed by atoms with Crippen molar-refractivity contribution < 1.29 is 18.3 Å². The molecule has 0 radical (unpaired) electrons. The van der Waals surface area contributed by atoms with Gasteiger partial charge in [-0.05, 0) is 59.7 Å². The van der Waals surface area contributed by atoms with E-state index in [9.17, 15) is 13.2 Å². The third-order valence-corrected chi connectivity index (χ3v) is 6.09. The van der Waals surface area contributed by atoms with Gasteiger partial charge >= 0.3 is 5.97 Å². The highest BCUT2D eigenvalue weighted by molar-refractivity contribution is 14.1. The van der Waals surface area contributed by atoms with E-state index in [2.05, 4.69) is 27.3 Å². The third kappa shape index (κ3) is 4.40. The molecule has 1 aromatic carbocycles. The Morgan fingerprint density at radius 2 is 1.76 bits per heavy atom. The Hall–Kier alpha value is -0.670. The fraction of sp³-hybridized carbons (Fsp3) is 0.500. The first-order chi connectivity index (χ1) is 9.83. The fourth-order valence-corrected chi connectivity index (χ4v) is 4.61. The van der Waals surface area contributed by atoms with Crippen molar-refractivity contribution in [2.24, 2.45) is 0 Å². The van der Waals surface area contributed by atoms with Crippen LogP contribution in [0, 0.1) is 3.57 Å². The highest BCUT2D eigenvalue weighted by Gasteiger charge is 2.38. The monoisotopic (exact) mass is 423 g/mol. The SMILES string of the molecule is O=C(O)CC1(NS(=O)(=O)c2ccc(I)cc2)CCCCC1. The van der Waals surface area contributed by atoms with Gasteiger partial charge in [-0.3, -0.25) is 4.79 Å². The molecule has 2 rings (SSSR count). The molecule has 0 bridgehead atoms. The van der Waals surface area contributed by atoms with Crippen LogP contribution in [0.25, 0.3) is 0 Å². The zero-order valence-corrected chi connectivity index (χ0v) is 14.5. The van der Waals surface area contributed by atoms with Crippen molar-refractivity contribution in [3.05, 3.63) is 27.8 Å². The van der Waals surface area contributed by atoms with Crippen LogP contribution in [0.3, 0.4) is 0 Å². The molecule has 7 heteroatoms. The van der Waals surface area contributed by atoms with Crippen LogP contribution < -0.4 is 4.72 Å². The Kier molecular flexibility index (Phi) is 5.26. The normalized spacial score (nSPS) is 18.3. The highest BCUT2D eigenvalue weighted by atomic mass is 127. The molecule has 21 heavy (non-hydrogen) atoms. The average molecular weight is 423 g/mol. The molecule has 0 spiro atoms. The molecule has 2 N–H and O–H groups in total. The molecule has 0 saturated heterocycles. The topological polar surface area (TPSA) is 83.5 Å². The largest absolute Gasteiger partial charge is 0.481 e. The molecule has 0 heterocycles. The van der Waals surface area contributed by atoms with E-state index >= 15 is 0 Å². The molecular weight excluding hydrogens is 405 g/mol. The number of hydrogen-bond acceptors (Lipinski definition) is 3. The number of sulfonamides is 1. The van der Waals surface area contributed by atoms with E-state index in [0.29, 0.717) is 12.8 Å². The van der Waals surface area contributed by atoms with Gasteiger partial charge in [0.1, 0.15) is 0 Å². The molecule has 5 nitrogen and oxygen atoms in total. The minimum atomic E-state index is -3.70. The summed E-state index contributed by atoms with van der Waals surface area (Å²) < 4.78 is 28.6. The van der Waals surface area contributed by atoms with Crippen molar-refractivity contribution in [3.8, 4) is 0 Å². The zero-order valence-electron chi connectivity index (χ0n) is 11.5. The molecular formula is C14H18INO4S. The van der Waals surface area contributed by atoms with Crippen LogP contribution >= 0.6 is 22.6 Å². The summed E-state index contributed by atoms with van der Waals surface area (Å²) in [6, 6.07) is 6.53. The van der Waals surface area contributed by atoms with Crippen molar-refractivity contribution in [1.29, 1.82) is 0 Å². The summed E-state index contributed by atoms with van der Waals surface area (Å²) in [4.78, 5) is 11.3. The van der Waals surface area contributed by atoms with Crippen molar-refractivity contribution in [2.45, 2.75) is 49.0 Å². The lowest BCUT2D eigenvalue weighted by molar-refractivity contribution is -0.138. The van der Waals surface area contributed by atoms with E-state index in [1.165, 1.54) is 0 Å². The van der Waals surface area contributed by atoms with Crippen LogP contribution in [0.1, 0.15) is 38.5 Å². The van der Waals surface area contributed by atoms with Gasteiger partial charge in [-0.2, -0.15) is 0 Å². The van der Waals surface area contributed by atoms with Gasteiger partial charge < -0.3 is 5.11 Å². The van der Waals surface area contributed by atoms with Crippen LogP contribution in [0.4, 0.5) is 0 Å². The molecule has 0 aliphatic heterocycles. The second-order valence-corrected chi connectivity index (χ2v) is 8.40. The quantitative estimate of drug-likeness (QED) is 0.714. The summed E-state index contributed by atoms with van der Waals surface area (Å²) in [5.74, 6) is -0.970. The van der Waals surface area contributed by atoms with E-state index in [1.807, 2.05) is 0 Å². The number of carboxylic acids is 1. The summed E-state index contributed by atoms with van der Waals surface area (Å²) in [6.07, 6.45) is 3.69. The van der Waals surface area contributed by atoms with Crippen molar-refractivity contribution in [3.63, 3.8) is 0 Å². The maximum Gasteiger partial charge on any atom is 0.305 e. The molecule has 1 fully saturated rings. The molecule has 0 atom stereocenters. The lowest BCUT2D eigenvalue weighted by Crippen LogP contribution is -2.50. The number of halogens is 1. The predicted octanol–water partition coefficient (Wildman–Crippen LogP) is 2.75. The number of benzene rings is 1. The van der Waals surface area contributed by atoms with Gasteiger partial charge in [-0.1, -0.05) is 19.3 Å². The van der Waals surface area contributed by atoms with Crippen LogP contribution in [-0.4, -0.2) is 25.0 Å². The smallest absolute Gasteiger partial charge is 0.305 e. The van der Waals surface area contributed by atoms with Crippen LogP contribution in [0.5, 0.6) is 0 Å². The lowest BCUT2D eigenvalue weighted by Gasteiger charge is -2.36. The minimum Gasteiger partial charge on any atom is -0.481 e. The van der Waals surface area contributed by atoms with Crippen molar-refractivity contribution in [1.82, 2.24) is 4.72 Å². The second kappa shape index (κ2) is 6.62. The molecule has 0 aromatic heterocycles. The second-order valence-electron chi connectivity index (χ2n) is 5.47. The van der Waals surface area contributed by atoms with Gasteiger partial charge in [0, 0.05) is 9.11 Å². The maximum atomic E-state index is 12.5. The lowest BCUT2D eigenvalue weighted by atomic mass is 9.80. The Bertz CT molecular complexity index is 606. The molecule has 0 amide bonds. The molecule has 1 aliphatic rings. The first-order valence-electron chi connectivity index (χ1n) is 6.84. The number of nitrogens with one attached hydrogen (secondary N) is 1. The molecule has 1 saturated carbocycles. The van der Waals surface area contributed by atoms with E-state index < -0.39 is 21.5 Å². The fourth-order valence-electron chi connectivity index (χ4n) is 2.79. The number of rotatable bonds is 5. The number of carbonyl (C=O) groups is 1. The van der Waals surface area contributed by atoms with Crippen LogP contribution in [-0.2, 0) is 14.8 Å². The predicted molar refractivity (Wildman–Crippen MR) is 87.5 cm³/mol. The van der Waals surface area contributed by atoms with E-state index in [4.69, 9.17) is 5.11 Å². The summed E-state index contributed by atoms with van der Waals surface area (Å²) >= 11 is 2.11. The van der Waals surface area contributed by atoms with Gasteiger partial charge in [-0.25, -0.2) is 13.1 Å². The van der Waals surface area contributed by atoms with Gasteiger partial charge in [0.25, 0.3) is 0 Å². The van der Waals surface area contributed by atoms with Gasteiger partial charge in [0.15, 0.2) is 0 Å². The van der Waals surface area contributed by atoms with Gasteiger partial charge in [0.2, 0.25) is 10.0 Å². The summed E-state index contributed by atoms with van der Waals surface area (Å²) in [5, 5.41) is 9.10. The van der Waals surface area contributed by atoms with Crippen LogP contribution in [0.2, 0.25) is 0 Å². The van der Waals surface area contributed by atoms with Crippen LogP contribution in [0.15, 0.2) is 29.2 Å². The standard InChI is InChI=1S/C14H18INO4S/c15-11-4-6-12(7-5-11)21(19,20)16-14(10-13(17)18)8-2-1-3-9-14/h4-7,16H,1-3,8-10H2,(H,17,18). The average Bonchev–Trinajstić information content (AvgIpc) is 2.38. The van der Waals surface area contributed by atoms with E-state index in [-0.39, 0.29) is 11.3 Å². The van der Waals surface area contributed by atoms with Crippen molar-refractivity contribution in [2.75, 3.05) is 0 Å². The third-order valence-electron chi connectivity index (χ3n) is 3.78. The molecule has 0 unspecified atom stereocenters. The van der Waals surface area contributed by atoms with Gasteiger partial charge in [0.05, 0.1) is 11.3 Å². The Morgan fingerprint density at radius 1 is 1.19 bits per heavy atom. The van der Waals surface area contributed by atoms with Crippen molar-refractivity contribution >= 4 is 38.6 Å². The molecule has 1 aromatic rings. The van der Waals surface area contributed by atoms with E-state index in [1.54, 1.807) is 24.3 Å². The first kappa shape index (κ1) is 16.7.